The molecule has 0 radical (unpaired) electrons. The molecule has 25 heavy (non-hydrogen) atoms. The molecule has 2 aromatic carbocycles. The number of ether oxygens (including phenoxy) is 1. The summed E-state index contributed by atoms with van der Waals surface area (Å²) < 4.78 is 5.16. The van der Waals surface area contributed by atoms with Gasteiger partial charge in [0.05, 0.1) is 13.7 Å². The smallest absolute Gasteiger partial charge is 0.239 e. The molecule has 0 aliphatic carbocycles. The van der Waals surface area contributed by atoms with Gasteiger partial charge in [0.25, 0.3) is 0 Å². The lowest BCUT2D eigenvalue weighted by atomic mass is 9.96. The lowest BCUT2D eigenvalue weighted by Gasteiger charge is -2.36. The molecule has 0 saturated heterocycles. The summed E-state index contributed by atoms with van der Waals surface area (Å²) in [5, 5.41) is 3.05. The van der Waals surface area contributed by atoms with E-state index in [2.05, 4.69) is 35.3 Å². The van der Waals surface area contributed by atoms with Gasteiger partial charge in [-0.1, -0.05) is 30.3 Å². The SMILES string of the molecule is COc1ccc(CCNC(=O)CN2c3ccccc3CCC2C)cc1. The van der Waals surface area contributed by atoms with Gasteiger partial charge < -0.3 is 15.0 Å². The number of fused-ring (bicyclic) bond motifs is 1. The number of nitrogens with one attached hydrogen (secondary N) is 1. The minimum atomic E-state index is 0.0806. The molecule has 1 heterocycles. The van der Waals surface area contributed by atoms with Gasteiger partial charge in [0.2, 0.25) is 5.91 Å². The van der Waals surface area contributed by atoms with Crippen molar-refractivity contribution in [2.24, 2.45) is 0 Å². The summed E-state index contributed by atoms with van der Waals surface area (Å²) >= 11 is 0. The molecule has 1 unspecified atom stereocenters. The highest BCUT2D eigenvalue weighted by Gasteiger charge is 2.24. The number of rotatable bonds is 6. The van der Waals surface area contributed by atoms with Crippen molar-refractivity contribution in [1.29, 1.82) is 0 Å². The van der Waals surface area contributed by atoms with Gasteiger partial charge in [-0.2, -0.15) is 0 Å². The van der Waals surface area contributed by atoms with Crippen LogP contribution in [0.2, 0.25) is 0 Å². The van der Waals surface area contributed by atoms with Crippen LogP contribution in [0.3, 0.4) is 0 Å². The molecule has 132 valence electrons. The van der Waals surface area contributed by atoms with Crippen molar-refractivity contribution in [3.8, 4) is 5.75 Å². The number of aryl methyl sites for hydroxylation is 1. The van der Waals surface area contributed by atoms with E-state index in [-0.39, 0.29) is 5.91 Å². The number of amides is 1. The van der Waals surface area contributed by atoms with Crippen LogP contribution in [0.1, 0.15) is 24.5 Å². The summed E-state index contributed by atoms with van der Waals surface area (Å²) in [6, 6.07) is 16.8. The Hall–Kier alpha value is -2.49. The van der Waals surface area contributed by atoms with Crippen LogP contribution in [0, 0.1) is 0 Å². The Morgan fingerprint density at radius 3 is 2.72 bits per heavy atom. The van der Waals surface area contributed by atoms with Crippen molar-refractivity contribution < 1.29 is 9.53 Å². The van der Waals surface area contributed by atoms with E-state index in [9.17, 15) is 4.79 Å². The Balaban J connectivity index is 1.52. The predicted molar refractivity (Wildman–Crippen MR) is 101 cm³/mol. The van der Waals surface area contributed by atoms with Crippen molar-refractivity contribution >= 4 is 11.6 Å². The standard InChI is InChI=1S/C21H26N2O2/c1-16-7-10-18-5-3-4-6-20(18)23(16)15-21(24)22-14-13-17-8-11-19(25-2)12-9-17/h3-6,8-9,11-12,16H,7,10,13-15H2,1-2H3,(H,22,24). The molecule has 4 heteroatoms. The highest BCUT2D eigenvalue weighted by atomic mass is 16.5. The number of anilines is 1. The summed E-state index contributed by atoms with van der Waals surface area (Å²) in [5.74, 6) is 0.933. The first-order valence-electron chi connectivity index (χ1n) is 8.91. The van der Waals surface area contributed by atoms with Gasteiger partial charge in [0.1, 0.15) is 5.75 Å². The van der Waals surface area contributed by atoms with Gasteiger partial charge in [-0.05, 0) is 55.5 Å². The van der Waals surface area contributed by atoms with Gasteiger partial charge in [-0.15, -0.1) is 0 Å². The molecule has 0 fully saturated rings. The Kier molecular flexibility index (Phi) is 5.59. The van der Waals surface area contributed by atoms with Crippen molar-refractivity contribution in [3.05, 3.63) is 59.7 Å². The highest BCUT2D eigenvalue weighted by molar-refractivity contribution is 5.82. The molecular formula is C21H26N2O2. The minimum absolute atomic E-state index is 0.0806. The fraction of sp³-hybridized carbons (Fsp3) is 0.381. The zero-order valence-electron chi connectivity index (χ0n) is 15.0. The molecule has 3 rings (SSSR count). The Morgan fingerprint density at radius 1 is 1.20 bits per heavy atom. The molecule has 1 aliphatic heterocycles. The number of hydrogen-bond acceptors (Lipinski definition) is 3. The molecule has 0 spiro atoms. The minimum Gasteiger partial charge on any atom is -0.497 e. The summed E-state index contributed by atoms with van der Waals surface area (Å²) in [5.41, 5.74) is 3.73. The van der Waals surface area contributed by atoms with Gasteiger partial charge >= 0.3 is 0 Å². The largest absolute Gasteiger partial charge is 0.497 e. The maximum absolute atomic E-state index is 12.4. The number of methoxy groups -OCH3 is 1. The average molecular weight is 338 g/mol. The Bertz CT molecular complexity index is 712. The fourth-order valence-electron chi connectivity index (χ4n) is 3.35. The predicted octanol–water partition coefficient (Wildman–Crippen LogP) is 3.20. The first-order chi connectivity index (χ1) is 12.2. The van der Waals surface area contributed by atoms with E-state index < -0.39 is 0 Å². The second-order valence-electron chi connectivity index (χ2n) is 6.59. The number of benzene rings is 2. The molecule has 1 amide bonds. The molecule has 0 aromatic heterocycles. The quantitative estimate of drug-likeness (QED) is 0.879. The second-order valence-corrected chi connectivity index (χ2v) is 6.59. The molecule has 2 aromatic rings. The third-order valence-corrected chi connectivity index (χ3v) is 4.87. The summed E-state index contributed by atoms with van der Waals surface area (Å²) in [7, 11) is 1.66. The topological polar surface area (TPSA) is 41.6 Å². The molecule has 0 saturated carbocycles. The van der Waals surface area contributed by atoms with Crippen molar-refractivity contribution in [1.82, 2.24) is 5.32 Å². The van der Waals surface area contributed by atoms with Gasteiger partial charge in [0, 0.05) is 18.3 Å². The van der Waals surface area contributed by atoms with Gasteiger partial charge in [-0.3, -0.25) is 4.79 Å². The third-order valence-electron chi connectivity index (χ3n) is 4.87. The van der Waals surface area contributed by atoms with Crippen LogP contribution in [0.4, 0.5) is 5.69 Å². The maximum atomic E-state index is 12.4. The lowest BCUT2D eigenvalue weighted by molar-refractivity contribution is -0.119. The van der Waals surface area contributed by atoms with Crippen LogP contribution in [0.25, 0.3) is 0 Å². The van der Waals surface area contributed by atoms with E-state index in [0.29, 0.717) is 19.1 Å². The molecule has 1 atom stereocenters. The van der Waals surface area contributed by atoms with Crippen LogP contribution < -0.4 is 15.0 Å². The molecule has 1 aliphatic rings. The van der Waals surface area contributed by atoms with E-state index in [1.807, 2.05) is 30.3 Å². The number of carbonyl (C=O) groups excluding carboxylic acids is 1. The maximum Gasteiger partial charge on any atom is 0.239 e. The second kappa shape index (κ2) is 8.06. The summed E-state index contributed by atoms with van der Waals surface area (Å²) in [4.78, 5) is 14.6. The van der Waals surface area contributed by atoms with Crippen LogP contribution in [0.5, 0.6) is 5.75 Å². The zero-order valence-corrected chi connectivity index (χ0v) is 15.0. The monoisotopic (exact) mass is 338 g/mol. The number of hydrogen-bond donors (Lipinski definition) is 1. The van der Waals surface area contributed by atoms with E-state index in [1.54, 1.807) is 7.11 Å². The average Bonchev–Trinajstić information content (AvgIpc) is 2.65. The highest BCUT2D eigenvalue weighted by Crippen LogP contribution is 2.29. The fourth-order valence-corrected chi connectivity index (χ4v) is 3.35. The van der Waals surface area contributed by atoms with E-state index in [0.717, 1.165) is 25.0 Å². The van der Waals surface area contributed by atoms with Crippen LogP contribution in [-0.2, 0) is 17.6 Å². The zero-order chi connectivity index (χ0) is 17.6. The van der Waals surface area contributed by atoms with E-state index >= 15 is 0 Å². The summed E-state index contributed by atoms with van der Waals surface area (Å²) in [6.07, 6.45) is 3.00. The van der Waals surface area contributed by atoms with Crippen LogP contribution in [-0.4, -0.2) is 32.1 Å². The van der Waals surface area contributed by atoms with Crippen LogP contribution >= 0.6 is 0 Å². The van der Waals surface area contributed by atoms with Crippen molar-refractivity contribution in [2.75, 3.05) is 25.1 Å². The normalized spacial score (nSPS) is 16.2. The van der Waals surface area contributed by atoms with Crippen molar-refractivity contribution in [3.63, 3.8) is 0 Å². The van der Waals surface area contributed by atoms with E-state index in [1.165, 1.54) is 16.8 Å². The third kappa shape index (κ3) is 4.32. The first kappa shape index (κ1) is 17.3. The molecule has 1 N–H and O–H groups in total. The van der Waals surface area contributed by atoms with Crippen molar-refractivity contribution in [2.45, 2.75) is 32.2 Å². The van der Waals surface area contributed by atoms with Crippen LogP contribution in [0.15, 0.2) is 48.5 Å². The molecule has 0 bridgehead atoms. The van der Waals surface area contributed by atoms with E-state index in [4.69, 9.17) is 4.74 Å². The number of nitrogens with zero attached hydrogens (tertiary/aromatic N) is 1. The molecular weight excluding hydrogens is 312 g/mol. The number of para-hydroxylation sites is 1. The first-order valence-corrected chi connectivity index (χ1v) is 8.91. The Morgan fingerprint density at radius 2 is 1.96 bits per heavy atom. The van der Waals surface area contributed by atoms with Gasteiger partial charge in [0.15, 0.2) is 0 Å². The lowest BCUT2D eigenvalue weighted by Crippen LogP contribution is -2.44. The summed E-state index contributed by atoms with van der Waals surface area (Å²) in [6.45, 7) is 3.26. The molecule has 4 nitrogen and oxygen atoms in total. The number of carbonyl (C=O) groups is 1. The Labute approximate surface area is 149 Å². The van der Waals surface area contributed by atoms with Gasteiger partial charge in [-0.25, -0.2) is 0 Å².